The first-order valence-electron chi connectivity index (χ1n) is 10.7. The molecule has 0 bridgehead atoms. The van der Waals surface area contributed by atoms with E-state index in [2.05, 4.69) is 52.4 Å². The van der Waals surface area contributed by atoms with E-state index in [9.17, 15) is 4.79 Å². The summed E-state index contributed by atoms with van der Waals surface area (Å²) in [5.41, 5.74) is 4.06. The summed E-state index contributed by atoms with van der Waals surface area (Å²) in [5, 5.41) is 10.1. The van der Waals surface area contributed by atoms with Crippen molar-refractivity contribution in [1.29, 1.82) is 0 Å². The molecule has 0 aliphatic rings. The lowest BCUT2D eigenvalue weighted by molar-refractivity contribution is -0.112. The van der Waals surface area contributed by atoms with Crippen LogP contribution in [0.5, 0.6) is 5.75 Å². The first-order valence-corrected chi connectivity index (χ1v) is 11.1. The Morgan fingerprint density at radius 2 is 1.88 bits per heavy atom. The Hall–Kier alpha value is -3.84. The maximum Gasteiger partial charge on any atom is 0.229 e. The highest BCUT2D eigenvalue weighted by Gasteiger charge is 2.12. The third-order valence-electron chi connectivity index (χ3n) is 4.85. The Labute approximate surface area is 204 Å². The summed E-state index contributed by atoms with van der Waals surface area (Å²) >= 11 is 6.38. The minimum atomic E-state index is -0.0552. The van der Waals surface area contributed by atoms with Crippen LogP contribution < -0.4 is 20.7 Å². The number of ketones is 1. The average Bonchev–Trinajstić information content (AvgIpc) is 2.80. The van der Waals surface area contributed by atoms with E-state index >= 15 is 0 Å². The molecule has 1 heterocycles. The molecule has 0 aliphatic heterocycles. The number of carbonyl (C=O) groups is 1. The molecule has 2 aromatic carbocycles. The second-order valence-electron chi connectivity index (χ2n) is 7.89. The highest BCUT2D eigenvalue weighted by molar-refractivity contribution is 6.32. The lowest BCUT2D eigenvalue weighted by Crippen LogP contribution is -2.05. The van der Waals surface area contributed by atoms with Gasteiger partial charge in [0.2, 0.25) is 5.95 Å². The van der Waals surface area contributed by atoms with Crippen molar-refractivity contribution in [2.24, 2.45) is 0 Å². The topological polar surface area (TPSA) is 88.2 Å². The number of nitrogens with one attached hydrogen (secondary N) is 3. The number of carbonyl (C=O) groups excluding carboxylic acids is 1. The summed E-state index contributed by atoms with van der Waals surface area (Å²) in [5.74, 6) is 1.72. The smallest absolute Gasteiger partial charge is 0.229 e. The van der Waals surface area contributed by atoms with Gasteiger partial charge < -0.3 is 20.7 Å². The number of halogens is 1. The maximum absolute atomic E-state index is 11.1. The average molecular weight is 478 g/mol. The van der Waals surface area contributed by atoms with Crippen molar-refractivity contribution < 1.29 is 9.53 Å². The molecule has 0 aliphatic carbocycles. The molecule has 3 aromatic rings. The van der Waals surface area contributed by atoms with Gasteiger partial charge in [-0.25, -0.2) is 4.98 Å². The van der Waals surface area contributed by atoms with Crippen molar-refractivity contribution in [3.8, 4) is 5.75 Å². The van der Waals surface area contributed by atoms with E-state index in [-0.39, 0.29) is 5.78 Å². The van der Waals surface area contributed by atoms with E-state index in [1.807, 2.05) is 30.3 Å². The SMILES string of the molecule is C=C(/C=C\C(C)=O)Nc1ccc(OC)c(Nc2ncc(Cl)c(Nc3ccccc3C(C)C)n2)c1. The number of ether oxygens (including phenoxy) is 1. The van der Waals surface area contributed by atoms with Crippen molar-refractivity contribution in [3.63, 3.8) is 0 Å². The molecule has 34 heavy (non-hydrogen) atoms. The molecule has 0 amide bonds. The van der Waals surface area contributed by atoms with Crippen LogP contribution in [0.15, 0.2) is 73.1 Å². The fraction of sp³-hybridized carbons (Fsp3) is 0.192. The van der Waals surface area contributed by atoms with Crippen LogP contribution in [0.25, 0.3) is 0 Å². The summed E-state index contributed by atoms with van der Waals surface area (Å²) in [6, 6.07) is 13.5. The Bertz CT molecular complexity index is 1220. The van der Waals surface area contributed by atoms with Gasteiger partial charge in [0.1, 0.15) is 10.8 Å². The lowest BCUT2D eigenvalue weighted by Gasteiger charge is -2.16. The summed E-state index contributed by atoms with van der Waals surface area (Å²) in [6.07, 6.45) is 4.61. The summed E-state index contributed by atoms with van der Waals surface area (Å²) in [6.45, 7) is 9.66. The molecule has 0 saturated carbocycles. The van der Waals surface area contributed by atoms with Crippen LogP contribution in [0.4, 0.5) is 28.8 Å². The third-order valence-corrected chi connectivity index (χ3v) is 5.13. The van der Waals surface area contributed by atoms with Gasteiger partial charge in [0, 0.05) is 17.1 Å². The highest BCUT2D eigenvalue weighted by Crippen LogP contribution is 2.33. The first-order chi connectivity index (χ1) is 16.3. The summed E-state index contributed by atoms with van der Waals surface area (Å²) < 4.78 is 5.48. The fourth-order valence-electron chi connectivity index (χ4n) is 3.21. The largest absolute Gasteiger partial charge is 0.495 e. The number of anilines is 5. The normalized spacial score (nSPS) is 10.9. The van der Waals surface area contributed by atoms with E-state index in [0.29, 0.717) is 39.8 Å². The number of methoxy groups -OCH3 is 1. The van der Waals surface area contributed by atoms with E-state index in [1.165, 1.54) is 13.0 Å². The van der Waals surface area contributed by atoms with E-state index < -0.39 is 0 Å². The van der Waals surface area contributed by atoms with Crippen molar-refractivity contribution in [3.05, 3.63) is 83.7 Å². The minimum absolute atomic E-state index is 0.0552. The predicted molar refractivity (Wildman–Crippen MR) is 140 cm³/mol. The van der Waals surface area contributed by atoms with Crippen LogP contribution in [0.3, 0.4) is 0 Å². The molecule has 176 valence electrons. The summed E-state index contributed by atoms with van der Waals surface area (Å²) in [4.78, 5) is 20.0. The summed E-state index contributed by atoms with van der Waals surface area (Å²) in [7, 11) is 1.58. The highest BCUT2D eigenvalue weighted by atomic mass is 35.5. The fourth-order valence-corrected chi connectivity index (χ4v) is 3.34. The van der Waals surface area contributed by atoms with Gasteiger partial charge in [0.25, 0.3) is 0 Å². The number of rotatable bonds is 10. The van der Waals surface area contributed by atoms with Gasteiger partial charge in [-0.15, -0.1) is 0 Å². The van der Waals surface area contributed by atoms with Crippen molar-refractivity contribution >= 4 is 46.2 Å². The number of allylic oxidation sites excluding steroid dienone is 2. The Kier molecular flexibility index (Phi) is 8.27. The Morgan fingerprint density at radius 1 is 1.12 bits per heavy atom. The zero-order chi connectivity index (χ0) is 24.7. The zero-order valence-corrected chi connectivity index (χ0v) is 20.4. The standard InChI is InChI=1S/C26H28ClN5O2/c1-16(2)20-8-6-7-9-22(20)30-25-21(27)15-28-26(32-25)31-23-14-19(12-13-24(23)34-5)29-17(3)10-11-18(4)33/h6-16,29H,3H2,1-2,4-5H3,(H2,28,30,31,32)/b11-10-. The first kappa shape index (κ1) is 24.8. The molecule has 3 N–H and O–H groups in total. The monoisotopic (exact) mass is 477 g/mol. The molecule has 3 rings (SSSR count). The molecule has 0 fully saturated rings. The molecule has 1 aromatic heterocycles. The minimum Gasteiger partial charge on any atom is -0.495 e. The van der Waals surface area contributed by atoms with Gasteiger partial charge in [0.05, 0.1) is 19.0 Å². The van der Waals surface area contributed by atoms with Crippen molar-refractivity contribution in [2.75, 3.05) is 23.1 Å². The van der Waals surface area contributed by atoms with Crippen LogP contribution in [0.2, 0.25) is 5.02 Å². The van der Waals surface area contributed by atoms with Crippen LogP contribution in [0.1, 0.15) is 32.3 Å². The van der Waals surface area contributed by atoms with E-state index in [0.717, 1.165) is 16.9 Å². The molecule has 0 saturated heterocycles. The number of hydrogen-bond donors (Lipinski definition) is 3. The molecule has 7 nitrogen and oxygen atoms in total. The van der Waals surface area contributed by atoms with Gasteiger partial charge in [-0.1, -0.05) is 50.2 Å². The van der Waals surface area contributed by atoms with Crippen LogP contribution >= 0.6 is 11.6 Å². The predicted octanol–water partition coefficient (Wildman–Crippen LogP) is 6.82. The van der Waals surface area contributed by atoms with E-state index in [1.54, 1.807) is 25.4 Å². The molecular weight excluding hydrogens is 450 g/mol. The van der Waals surface area contributed by atoms with Gasteiger partial charge in [0.15, 0.2) is 11.6 Å². The lowest BCUT2D eigenvalue weighted by atomic mass is 10.0. The molecule has 0 unspecified atom stereocenters. The quantitative estimate of drug-likeness (QED) is 0.218. The van der Waals surface area contributed by atoms with Gasteiger partial charge in [-0.2, -0.15) is 4.98 Å². The van der Waals surface area contributed by atoms with Crippen molar-refractivity contribution in [2.45, 2.75) is 26.7 Å². The van der Waals surface area contributed by atoms with Gasteiger partial charge in [-0.3, -0.25) is 4.79 Å². The second kappa shape index (κ2) is 11.3. The van der Waals surface area contributed by atoms with Crippen molar-refractivity contribution in [1.82, 2.24) is 9.97 Å². The number of hydrogen-bond acceptors (Lipinski definition) is 7. The van der Waals surface area contributed by atoms with Crippen LogP contribution in [0, 0.1) is 0 Å². The zero-order valence-electron chi connectivity index (χ0n) is 19.6. The molecule has 0 atom stereocenters. The number of benzene rings is 2. The third kappa shape index (κ3) is 6.59. The van der Waals surface area contributed by atoms with Crippen LogP contribution in [-0.2, 0) is 4.79 Å². The van der Waals surface area contributed by atoms with Gasteiger partial charge in [-0.05, 0) is 54.8 Å². The number of para-hydroxylation sites is 1. The Morgan fingerprint density at radius 3 is 2.59 bits per heavy atom. The van der Waals surface area contributed by atoms with E-state index in [4.69, 9.17) is 16.3 Å². The Balaban J connectivity index is 1.85. The molecular formula is C26H28ClN5O2. The number of nitrogens with zero attached hydrogens (tertiary/aromatic N) is 2. The number of aromatic nitrogens is 2. The van der Waals surface area contributed by atoms with Crippen LogP contribution in [-0.4, -0.2) is 22.9 Å². The molecule has 8 heteroatoms. The van der Waals surface area contributed by atoms with Gasteiger partial charge >= 0.3 is 0 Å². The molecule has 0 spiro atoms. The second-order valence-corrected chi connectivity index (χ2v) is 8.30. The maximum atomic E-state index is 11.1. The molecule has 0 radical (unpaired) electrons.